The first-order chi connectivity index (χ1) is 14.8. The van der Waals surface area contributed by atoms with Crippen molar-refractivity contribution in [3.8, 4) is 11.5 Å². The number of hydrogen-bond donors (Lipinski definition) is 0. The maximum absolute atomic E-state index is 5.85. The van der Waals surface area contributed by atoms with Crippen molar-refractivity contribution in [1.29, 1.82) is 0 Å². The Labute approximate surface area is 183 Å². The summed E-state index contributed by atoms with van der Waals surface area (Å²) in [5, 5.41) is 0. The van der Waals surface area contributed by atoms with Gasteiger partial charge < -0.3 is 9.47 Å². The molecule has 0 atom stereocenters. The van der Waals surface area contributed by atoms with Crippen molar-refractivity contribution in [3.05, 3.63) is 59.7 Å². The standard InChI is InChI=1S/C27H39NO2/c1-3-4-5-6-7-8-9-10-11-12-21-28-22-24-13-19-27(20-14-24)30-23-25-15-17-26(29-2)18-16-25/h13-20,22H,3-12,21,23H2,1-2H3/b28-22+. The third-order valence-electron chi connectivity index (χ3n) is 5.33. The van der Waals surface area contributed by atoms with Crippen molar-refractivity contribution in [3.63, 3.8) is 0 Å². The quantitative estimate of drug-likeness (QED) is 0.211. The molecule has 0 N–H and O–H groups in total. The predicted octanol–water partition coefficient (Wildman–Crippen LogP) is 7.61. The van der Waals surface area contributed by atoms with Crippen LogP contribution in [0.25, 0.3) is 0 Å². The van der Waals surface area contributed by atoms with E-state index in [0.29, 0.717) is 6.61 Å². The Balaban J connectivity index is 1.54. The van der Waals surface area contributed by atoms with Gasteiger partial charge >= 0.3 is 0 Å². The van der Waals surface area contributed by atoms with Gasteiger partial charge in [0.25, 0.3) is 0 Å². The normalized spacial score (nSPS) is 11.1. The summed E-state index contributed by atoms with van der Waals surface area (Å²) in [6.45, 7) is 3.75. The van der Waals surface area contributed by atoms with Gasteiger partial charge in [0, 0.05) is 12.8 Å². The Kier molecular flexibility index (Phi) is 12.4. The van der Waals surface area contributed by atoms with E-state index in [4.69, 9.17) is 9.47 Å². The summed E-state index contributed by atoms with van der Waals surface area (Å²) in [6, 6.07) is 16.1. The highest BCUT2D eigenvalue weighted by molar-refractivity contribution is 5.79. The van der Waals surface area contributed by atoms with Gasteiger partial charge in [-0.05, 0) is 53.9 Å². The largest absolute Gasteiger partial charge is 0.497 e. The Morgan fingerprint density at radius 2 is 1.27 bits per heavy atom. The molecule has 0 fully saturated rings. The molecule has 0 spiro atoms. The summed E-state index contributed by atoms with van der Waals surface area (Å²) in [7, 11) is 1.67. The van der Waals surface area contributed by atoms with Crippen molar-refractivity contribution >= 4 is 6.21 Å². The van der Waals surface area contributed by atoms with Crippen LogP contribution in [0, 0.1) is 0 Å². The lowest BCUT2D eigenvalue weighted by Crippen LogP contribution is -1.95. The summed E-state index contributed by atoms with van der Waals surface area (Å²) < 4.78 is 11.0. The first-order valence-electron chi connectivity index (χ1n) is 11.7. The van der Waals surface area contributed by atoms with Crippen LogP contribution < -0.4 is 9.47 Å². The lowest BCUT2D eigenvalue weighted by molar-refractivity contribution is 0.306. The maximum atomic E-state index is 5.85. The molecular weight excluding hydrogens is 370 g/mol. The molecule has 0 aromatic heterocycles. The third-order valence-corrected chi connectivity index (χ3v) is 5.33. The second-order valence-corrected chi connectivity index (χ2v) is 7.92. The second-order valence-electron chi connectivity index (χ2n) is 7.92. The molecule has 3 heteroatoms. The van der Waals surface area contributed by atoms with Crippen LogP contribution in [-0.2, 0) is 6.61 Å². The van der Waals surface area contributed by atoms with Crippen LogP contribution in [0.2, 0.25) is 0 Å². The monoisotopic (exact) mass is 409 g/mol. The molecule has 0 saturated heterocycles. The molecule has 164 valence electrons. The average Bonchev–Trinajstić information content (AvgIpc) is 2.79. The van der Waals surface area contributed by atoms with E-state index in [0.717, 1.165) is 29.2 Å². The smallest absolute Gasteiger partial charge is 0.119 e. The minimum absolute atomic E-state index is 0.552. The fourth-order valence-electron chi connectivity index (χ4n) is 3.40. The van der Waals surface area contributed by atoms with Crippen molar-refractivity contribution in [1.82, 2.24) is 0 Å². The molecule has 0 bridgehead atoms. The van der Waals surface area contributed by atoms with Crippen LogP contribution in [0.4, 0.5) is 0 Å². The summed E-state index contributed by atoms with van der Waals surface area (Å²) in [4.78, 5) is 4.57. The number of aliphatic imine (C=N–C) groups is 1. The molecule has 2 rings (SSSR count). The molecule has 0 saturated carbocycles. The lowest BCUT2D eigenvalue weighted by atomic mass is 10.1. The Hall–Kier alpha value is -2.29. The molecule has 3 nitrogen and oxygen atoms in total. The Bertz CT molecular complexity index is 692. The Morgan fingerprint density at radius 3 is 1.87 bits per heavy atom. The van der Waals surface area contributed by atoms with E-state index in [-0.39, 0.29) is 0 Å². The number of ether oxygens (including phenoxy) is 2. The van der Waals surface area contributed by atoms with Gasteiger partial charge in [-0.3, -0.25) is 4.99 Å². The van der Waals surface area contributed by atoms with Crippen molar-refractivity contribution in [2.75, 3.05) is 13.7 Å². The molecule has 0 radical (unpaired) electrons. The van der Waals surface area contributed by atoms with Gasteiger partial charge in [-0.15, -0.1) is 0 Å². The van der Waals surface area contributed by atoms with Crippen LogP contribution in [0.15, 0.2) is 53.5 Å². The molecule has 0 aliphatic rings. The summed E-state index contributed by atoms with van der Waals surface area (Å²) in [5.41, 5.74) is 2.25. The van der Waals surface area contributed by atoms with E-state index in [9.17, 15) is 0 Å². The van der Waals surface area contributed by atoms with E-state index in [2.05, 4.69) is 24.0 Å². The topological polar surface area (TPSA) is 30.8 Å². The second kappa shape index (κ2) is 15.5. The summed E-state index contributed by atoms with van der Waals surface area (Å²) in [6.07, 6.45) is 15.6. The van der Waals surface area contributed by atoms with E-state index in [1.165, 1.54) is 64.2 Å². The van der Waals surface area contributed by atoms with E-state index < -0.39 is 0 Å². The first-order valence-corrected chi connectivity index (χ1v) is 11.7. The minimum atomic E-state index is 0.552. The van der Waals surface area contributed by atoms with E-state index in [1.807, 2.05) is 42.6 Å². The molecule has 0 heterocycles. The molecular formula is C27H39NO2. The molecule has 2 aromatic carbocycles. The molecule has 0 unspecified atom stereocenters. The van der Waals surface area contributed by atoms with Gasteiger partial charge in [-0.2, -0.15) is 0 Å². The SMILES string of the molecule is CCCCCCCCCCCC/N=C/c1ccc(OCc2ccc(OC)cc2)cc1. The Morgan fingerprint density at radius 1 is 0.700 bits per heavy atom. The molecule has 0 amide bonds. The van der Waals surface area contributed by atoms with Crippen LogP contribution in [0.5, 0.6) is 11.5 Å². The zero-order valence-electron chi connectivity index (χ0n) is 18.9. The highest BCUT2D eigenvalue weighted by Gasteiger charge is 1.98. The number of hydrogen-bond acceptors (Lipinski definition) is 3. The number of nitrogens with zero attached hydrogens (tertiary/aromatic N) is 1. The third kappa shape index (κ3) is 10.5. The van der Waals surface area contributed by atoms with E-state index >= 15 is 0 Å². The number of benzene rings is 2. The van der Waals surface area contributed by atoms with Crippen molar-refractivity contribution in [2.45, 2.75) is 77.7 Å². The summed E-state index contributed by atoms with van der Waals surface area (Å²) in [5.74, 6) is 1.73. The fraction of sp³-hybridized carbons (Fsp3) is 0.519. The highest BCUT2D eigenvalue weighted by atomic mass is 16.5. The van der Waals surface area contributed by atoms with Gasteiger partial charge in [-0.25, -0.2) is 0 Å². The first kappa shape index (κ1) is 24.0. The molecule has 0 aliphatic carbocycles. The van der Waals surface area contributed by atoms with Crippen molar-refractivity contribution < 1.29 is 9.47 Å². The van der Waals surface area contributed by atoms with Crippen LogP contribution in [-0.4, -0.2) is 19.9 Å². The van der Waals surface area contributed by atoms with Gasteiger partial charge in [0.05, 0.1) is 7.11 Å². The van der Waals surface area contributed by atoms with Crippen LogP contribution >= 0.6 is 0 Å². The van der Waals surface area contributed by atoms with Gasteiger partial charge in [0.15, 0.2) is 0 Å². The lowest BCUT2D eigenvalue weighted by Gasteiger charge is -2.07. The van der Waals surface area contributed by atoms with Crippen molar-refractivity contribution in [2.24, 2.45) is 4.99 Å². The van der Waals surface area contributed by atoms with E-state index in [1.54, 1.807) is 7.11 Å². The minimum Gasteiger partial charge on any atom is -0.497 e. The average molecular weight is 410 g/mol. The highest BCUT2D eigenvalue weighted by Crippen LogP contribution is 2.16. The van der Waals surface area contributed by atoms with Gasteiger partial charge in [0.2, 0.25) is 0 Å². The number of rotatable bonds is 16. The zero-order chi connectivity index (χ0) is 21.3. The van der Waals surface area contributed by atoms with Gasteiger partial charge in [-0.1, -0.05) is 76.8 Å². The fourth-order valence-corrected chi connectivity index (χ4v) is 3.40. The van der Waals surface area contributed by atoms with Crippen LogP contribution in [0.1, 0.15) is 82.3 Å². The van der Waals surface area contributed by atoms with Gasteiger partial charge in [0.1, 0.15) is 18.1 Å². The molecule has 0 aliphatic heterocycles. The maximum Gasteiger partial charge on any atom is 0.119 e. The summed E-state index contributed by atoms with van der Waals surface area (Å²) >= 11 is 0. The predicted molar refractivity (Wildman–Crippen MR) is 128 cm³/mol. The number of methoxy groups -OCH3 is 1. The molecule has 30 heavy (non-hydrogen) atoms. The van der Waals surface area contributed by atoms with Crippen LogP contribution in [0.3, 0.4) is 0 Å². The number of unbranched alkanes of at least 4 members (excludes halogenated alkanes) is 9. The zero-order valence-corrected chi connectivity index (χ0v) is 18.9. The molecule has 2 aromatic rings.